The molecule has 0 saturated carbocycles. The number of hydrogen-bond acceptors (Lipinski definition) is 4. The van der Waals surface area contributed by atoms with Crippen LogP contribution in [0.5, 0.6) is 11.5 Å². The predicted octanol–water partition coefficient (Wildman–Crippen LogP) is 2.94. The Bertz CT molecular complexity index is 495. The summed E-state index contributed by atoms with van der Waals surface area (Å²) in [5.74, 6) is 2.47. The molecule has 0 spiro atoms. The molecule has 1 aliphatic heterocycles. The van der Waals surface area contributed by atoms with E-state index in [0.717, 1.165) is 17.1 Å². The summed E-state index contributed by atoms with van der Waals surface area (Å²) in [6.45, 7) is 3.83. The SMILES string of the molecule is COc1cccc(C(C)(C)CC(=O)O)c1OC1CSC1. The van der Waals surface area contributed by atoms with Gasteiger partial charge in [-0.15, -0.1) is 0 Å². The van der Waals surface area contributed by atoms with Crippen molar-refractivity contribution in [2.45, 2.75) is 31.8 Å². The number of carboxylic acid groups (broad SMARTS) is 1. The van der Waals surface area contributed by atoms with Crippen LogP contribution >= 0.6 is 11.8 Å². The number of carboxylic acids is 1. The third-order valence-corrected chi connectivity index (χ3v) is 4.63. The van der Waals surface area contributed by atoms with Crippen LogP contribution in [-0.4, -0.2) is 35.8 Å². The maximum absolute atomic E-state index is 11.1. The number of thioether (sulfide) groups is 1. The highest BCUT2D eigenvalue weighted by Crippen LogP contribution is 2.41. The first-order valence-electron chi connectivity index (χ1n) is 6.57. The zero-order valence-electron chi connectivity index (χ0n) is 12.0. The molecule has 110 valence electrons. The van der Waals surface area contributed by atoms with E-state index in [1.807, 2.05) is 43.8 Å². The van der Waals surface area contributed by atoms with Crippen molar-refractivity contribution in [3.63, 3.8) is 0 Å². The smallest absolute Gasteiger partial charge is 0.304 e. The topological polar surface area (TPSA) is 55.8 Å². The predicted molar refractivity (Wildman–Crippen MR) is 80.0 cm³/mol. The number of aliphatic carboxylic acids is 1. The van der Waals surface area contributed by atoms with Gasteiger partial charge in [-0.3, -0.25) is 4.79 Å². The van der Waals surface area contributed by atoms with Crippen molar-refractivity contribution >= 4 is 17.7 Å². The molecule has 0 amide bonds. The summed E-state index contributed by atoms with van der Waals surface area (Å²) < 4.78 is 11.4. The van der Waals surface area contributed by atoms with Gasteiger partial charge in [-0.2, -0.15) is 11.8 Å². The molecule has 1 aliphatic rings. The molecular formula is C15H20O4S. The summed E-state index contributed by atoms with van der Waals surface area (Å²) in [5.41, 5.74) is 0.378. The molecule has 0 radical (unpaired) electrons. The van der Waals surface area contributed by atoms with E-state index in [4.69, 9.17) is 14.6 Å². The lowest BCUT2D eigenvalue weighted by Gasteiger charge is -2.31. The molecule has 2 rings (SSSR count). The van der Waals surface area contributed by atoms with Gasteiger partial charge in [0.1, 0.15) is 6.10 Å². The minimum atomic E-state index is -0.817. The van der Waals surface area contributed by atoms with Crippen LogP contribution in [-0.2, 0) is 10.2 Å². The largest absolute Gasteiger partial charge is 0.493 e. The Kier molecular flexibility index (Phi) is 4.48. The lowest BCUT2D eigenvalue weighted by Crippen LogP contribution is -2.32. The van der Waals surface area contributed by atoms with Gasteiger partial charge < -0.3 is 14.6 Å². The molecule has 1 aromatic rings. The van der Waals surface area contributed by atoms with Crippen molar-refractivity contribution in [3.05, 3.63) is 23.8 Å². The second kappa shape index (κ2) is 5.95. The van der Waals surface area contributed by atoms with Crippen LogP contribution in [0.2, 0.25) is 0 Å². The maximum atomic E-state index is 11.1. The average Bonchev–Trinajstić information content (AvgIpc) is 2.31. The Morgan fingerprint density at radius 2 is 2.15 bits per heavy atom. The zero-order chi connectivity index (χ0) is 14.8. The average molecular weight is 296 g/mol. The van der Waals surface area contributed by atoms with Crippen LogP contribution in [0.3, 0.4) is 0 Å². The summed E-state index contributed by atoms with van der Waals surface area (Å²) in [5, 5.41) is 9.09. The van der Waals surface area contributed by atoms with E-state index < -0.39 is 11.4 Å². The monoisotopic (exact) mass is 296 g/mol. The van der Waals surface area contributed by atoms with Gasteiger partial charge in [-0.1, -0.05) is 26.0 Å². The second-order valence-corrected chi connectivity index (χ2v) is 6.64. The lowest BCUT2D eigenvalue weighted by atomic mass is 9.81. The fourth-order valence-electron chi connectivity index (χ4n) is 2.25. The van der Waals surface area contributed by atoms with Gasteiger partial charge in [0.05, 0.1) is 13.5 Å². The summed E-state index contributed by atoms with van der Waals surface area (Å²) in [4.78, 5) is 11.1. The van der Waals surface area contributed by atoms with Gasteiger partial charge in [-0.05, 0) is 6.07 Å². The van der Waals surface area contributed by atoms with E-state index in [-0.39, 0.29) is 12.5 Å². The molecule has 0 unspecified atom stereocenters. The quantitative estimate of drug-likeness (QED) is 0.874. The third kappa shape index (κ3) is 3.20. The molecule has 1 fully saturated rings. The Morgan fingerprint density at radius 3 is 2.65 bits per heavy atom. The summed E-state index contributed by atoms with van der Waals surface area (Å²) in [6, 6.07) is 5.65. The first-order chi connectivity index (χ1) is 9.44. The second-order valence-electron chi connectivity index (χ2n) is 5.57. The minimum absolute atomic E-state index is 0.0515. The van der Waals surface area contributed by atoms with Crippen LogP contribution in [0.25, 0.3) is 0 Å². The standard InChI is InChI=1S/C15H20O4S/c1-15(2,7-13(16)17)11-5-4-6-12(18-3)14(11)19-10-8-20-9-10/h4-6,10H,7-9H2,1-3H3,(H,16,17). The normalized spacial score (nSPS) is 15.6. The third-order valence-electron chi connectivity index (χ3n) is 3.41. The fourth-order valence-corrected chi connectivity index (χ4v) is 2.82. The van der Waals surface area contributed by atoms with Crippen LogP contribution < -0.4 is 9.47 Å². The first-order valence-corrected chi connectivity index (χ1v) is 7.73. The number of para-hydroxylation sites is 1. The molecule has 1 aromatic carbocycles. The van der Waals surface area contributed by atoms with Gasteiger partial charge >= 0.3 is 5.97 Å². The van der Waals surface area contributed by atoms with E-state index >= 15 is 0 Å². The molecule has 0 bridgehead atoms. The molecule has 20 heavy (non-hydrogen) atoms. The molecule has 0 aliphatic carbocycles. The van der Waals surface area contributed by atoms with E-state index in [2.05, 4.69) is 0 Å². The van der Waals surface area contributed by atoms with Crippen molar-refractivity contribution in [2.24, 2.45) is 0 Å². The van der Waals surface area contributed by atoms with Crippen LogP contribution in [0, 0.1) is 0 Å². The van der Waals surface area contributed by atoms with E-state index in [9.17, 15) is 4.79 Å². The van der Waals surface area contributed by atoms with Crippen LogP contribution in [0.15, 0.2) is 18.2 Å². The van der Waals surface area contributed by atoms with Gasteiger partial charge in [-0.25, -0.2) is 0 Å². The Labute approximate surface area is 123 Å². The van der Waals surface area contributed by atoms with Crippen molar-refractivity contribution in [1.29, 1.82) is 0 Å². The summed E-state index contributed by atoms with van der Waals surface area (Å²) in [7, 11) is 1.60. The van der Waals surface area contributed by atoms with E-state index in [1.54, 1.807) is 7.11 Å². The van der Waals surface area contributed by atoms with Crippen molar-refractivity contribution in [2.75, 3.05) is 18.6 Å². The fraction of sp³-hybridized carbons (Fsp3) is 0.533. The molecule has 5 heteroatoms. The minimum Gasteiger partial charge on any atom is -0.493 e. The molecule has 0 aromatic heterocycles. The van der Waals surface area contributed by atoms with Gasteiger partial charge in [0, 0.05) is 22.5 Å². The van der Waals surface area contributed by atoms with Crippen molar-refractivity contribution < 1.29 is 19.4 Å². The summed E-state index contributed by atoms with van der Waals surface area (Å²) >= 11 is 1.84. The van der Waals surface area contributed by atoms with Crippen LogP contribution in [0.4, 0.5) is 0 Å². The summed E-state index contributed by atoms with van der Waals surface area (Å²) in [6.07, 6.45) is 0.242. The number of hydrogen-bond donors (Lipinski definition) is 1. The molecule has 0 atom stereocenters. The number of methoxy groups -OCH3 is 1. The highest BCUT2D eigenvalue weighted by atomic mass is 32.2. The van der Waals surface area contributed by atoms with E-state index in [1.165, 1.54) is 0 Å². The Morgan fingerprint density at radius 1 is 1.45 bits per heavy atom. The Hall–Kier alpha value is -1.36. The van der Waals surface area contributed by atoms with Crippen molar-refractivity contribution in [1.82, 2.24) is 0 Å². The first kappa shape index (κ1) is 15.0. The lowest BCUT2D eigenvalue weighted by molar-refractivity contribution is -0.138. The maximum Gasteiger partial charge on any atom is 0.304 e. The van der Waals surface area contributed by atoms with Crippen molar-refractivity contribution in [3.8, 4) is 11.5 Å². The highest BCUT2D eigenvalue weighted by molar-refractivity contribution is 8.00. The van der Waals surface area contributed by atoms with Crippen LogP contribution in [0.1, 0.15) is 25.8 Å². The highest BCUT2D eigenvalue weighted by Gasteiger charge is 2.31. The number of ether oxygens (including phenoxy) is 2. The van der Waals surface area contributed by atoms with Gasteiger partial charge in [0.2, 0.25) is 0 Å². The number of carbonyl (C=O) groups is 1. The Balaban J connectivity index is 2.37. The molecule has 1 saturated heterocycles. The molecule has 1 N–H and O–H groups in total. The molecule has 4 nitrogen and oxygen atoms in total. The zero-order valence-corrected chi connectivity index (χ0v) is 12.8. The van der Waals surface area contributed by atoms with Gasteiger partial charge in [0.25, 0.3) is 0 Å². The number of rotatable bonds is 6. The number of benzene rings is 1. The van der Waals surface area contributed by atoms with Gasteiger partial charge in [0.15, 0.2) is 11.5 Å². The molecule has 1 heterocycles. The van der Waals surface area contributed by atoms with E-state index in [0.29, 0.717) is 11.5 Å². The molecular weight excluding hydrogens is 276 g/mol.